The van der Waals surface area contributed by atoms with Gasteiger partial charge >= 0.3 is 0 Å². The number of nitrogens with zero attached hydrogens (tertiary/aromatic N) is 2. The van der Waals surface area contributed by atoms with Gasteiger partial charge in [0.15, 0.2) is 0 Å². The van der Waals surface area contributed by atoms with Gasteiger partial charge in [0, 0.05) is 26.3 Å². The normalized spacial score (nSPS) is 16.8. The summed E-state index contributed by atoms with van der Waals surface area (Å²) in [6, 6.07) is 10.8. The van der Waals surface area contributed by atoms with Gasteiger partial charge in [-0.1, -0.05) is 12.1 Å². The number of rotatable bonds is 5. The maximum absolute atomic E-state index is 12.1. The average molecular weight is 339 g/mol. The molecule has 128 valence electrons. The Balaban J connectivity index is 1.54. The van der Waals surface area contributed by atoms with Gasteiger partial charge in [-0.25, -0.2) is 0 Å². The van der Waals surface area contributed by atoms with E-state index in [2.05, 4.69) is 10.3 Å². The van der Waals surface area contributed by atoms with Crippen LogP contribution in [0.15, 0.2) is 48.8 Å². The number of nitrogens with one attached hydrogen (secondary N) is 1. The van der Waals surface area contributed by atoms with Crippen molar-refractivity contribution in [3.8, 4) is 11.5 Å². The van der Waals surface area contributed by atoms with Gasteiger partial charge in [0.25, 0.3) is 5.91 Å². The molecule has 2 amide bonds. The van der Waals surface area contributed by atoms with Gasteiger partial charge < -0.3 is 15.0 Å². The van der Waals surface area contributed by atoms with Crippen molar-refractivity contribution in [2.75, 3.05) is 13.6 Å². The van der Waals surface area contributed by atoms with Crippen LogP contribution in [0.5, 0.6) is 11.5 Å². The lowest BCUT2D eigenvalue weighted by Crippen LogP contribution is -2.35. The molecule has 7 heteroatoms. The first-order chi connectivity index (χ1) is 12.0. The SMILES string of the molecule is CN1CC(C(=O)NCc2ccc(Oc3cccnc3)cc2)C(=O)C1=O. The second-order valence-corrected chi connectivity index (χ2v) is 5.76. The van der Waals surface area contributed by atoms with Crippen molar-refractivity contribution < 1.29 is 19.1 Å². The molecular formula is C18H17N3O4. The number of pyridine rings is 1. The molecule has 1 N–H and O–H groups in total. The van der Waals surface area contributed by atoms with E-state index in [4.69, 9.17) is 4.74 Å². The molecule has 0 radical (unpaired) electrons. The Morgan fingerprint density at radius 3 is 2.60 bits per heavy atom. The summed E-state index contributed by atoms with van der Waals surface area (Å²) < 4.78 is 5.64. The molecule has 1 saturated heterocycles. The number of hydrogen-bond acceptors (Lipinski definition) is 5. The van der Waals surface area contributed by atoms with Crippen molar-refractivity contribution in [3.05, 3.63) is 54.4 Å². The first-order valence-electron chi connectivity index (χ1n) is 7.78. The molecule has 3 rings (SSSR count). The Labute approximate surface area is 144 Å². The minimum Gasteiger partial charge on any atom is -0.456 e. The summed E-state index contributed by atoms with van der Waals surface area (Å²) in [5.41, 5.74) is 0.858. The standard InChI is InChI=1S/C18H17N3O4/c1-21-11-15(16(22)18(21)24)17(23)20-9-12-4-6-13(7-5-12)25-14-3-2-8-19-10-14/h2-8,10,15H,9,11H2,1H3,(H,20,23). The Morgan fingerprint density at radius 1 is 1.24 bits per heavy atom. The first kappa shape index (κ1) is 16.6. The van der Waals surface area contributed by atoms with Crippen LogP contribution < -0.4 is 10.1 Å². The fraction of sp³-hybridized carbons (Fsp3) is 0.222. The first-order valence-corrected chi connectivity index (χ1v) is 7.78. The van der Waals surface area contributed by atoms with Crippen LogP contribution in [0.25, 0.3) is 0 Å². The van der Waals surface area contributed by atoms with E-state index < -0.39 is 23.5 Å². The highest BCUT2D eigenvalue weighted by Crippen LogP contribution is 2.20. The van der Waals surface area contributed by atoms with E-state index in [1.54, 1.807) is 36.7 Å². The summed E-state index contributed by atoms with van der Waals surface area (Å²) >= 11 is 0. The second-order valence-electron chi connectivity index (χ2n) is 5.76. The third-order valence-corrected chi connectivity index (χ3v) is 3.91. The maximum Gasteiger partial charge on any atom is 0.290 e. The number of ketones is 1. The highest BCUT2D eigenvalue weighted by atomic mass is 16.5. The van der Waals surface area contributed by atoms with E-state index in [0.29, 0.717) is 11.5 Å². The minimum atomic E-state index is -0.925. The number of Topliss-reactive ketones (excluding diaryl/α,β-unsaturated/α-hetero) is 1. The number of benzene rings is 1. The predicted molar refractivity (Wildman–Crippen MR) is 88.7 cm³/mol. The zero-order chi connectivity index (χ0) is 17.8. The monoisotopic (exact) mass is 339 g/mol. The number of amides is 2. The maximum atomic E-state index is 12.1. The van der Waals surface area contributed by atoms with Gasteiger partial charge in [-0.15, -0.1) is 0 Å². The molecule has 1 aromatic heterocycles. The Hall–Kier alpha value is -3.22. The quantitative estimate of drug-likeness (QED) is 0.652. The van der Waals surface area contributed by atoms with Crippen molar-refractivity contribution in [1.82, 2.24) is 15.2 Å². The van der Waals surface area contributed by atoms with Crippen LogP contribution in [-0.2, 0) is 20.9 Å². The predicted octanol–water partition coefficient (Wildman–Crippen LogP) is 1.15. The number of likely N-dealkylation sites (N-methyl/N-ethyl adjacent to an activating group) is 1. The molecule has 25 heavy (non-hydrogen) atoms. The molecule has 2 heterocycles. The molecule has 1 aliphatic rings. The summed E-state index contributed by atoms with van der Waals surface area (Å²) in [5.74, 6) is -1.33. The lowest BCUT2D eigenvalue weighted by atomic mass is 10.1. The number of ether oxygens (including phenoxy) is 1. The largest absolute Gasteiger partial charge is 0.456 e. The zero-order valence-electron chi connectivity index (χ0n) is 13.6. The van der Waals surface area contributed by atoms with Crippen molar-refractivity contribution >= 4 is 17.6 Å². The number of hydrogen-bond donors (Lipinski definition) is 1. The van der Waals surface area contributed by atoms with Crippen LogP contribution in [0.1, 0.15) is 5.56 Å². The average Bonchev–Trinajstić information content (AvgIpc) is 2.89. The van der Waals surface area contributed by atoms with Gasteiger partial charge in [-0.3, -0.25) is 19.4 Å². The van der Waals surface area contributed by atoms with Crippen LogP contribution in [0, 0.1) is 5.92 Å². The summed E-state index contributed by atoms with van der Waals surface area (Å²) in [7, 11) is 1.51. The van der Waals surface area contributed by atoms with Crippen LogP contribution >= 0.6 is 0 Å². The van der Waals surface area contributed by atoms with Gasteiger partial charge in [0.1, 0.15) is 17.4 Å². The summed E-state index contributed by atoms with van der Waals surface area (Å²) in [6.45, 7) is 0.398. The van der Waals surface area contributed by atoms with Crippen LogP contribution in [-0.4, -0.2) is 41.1 Å². The number of aromatic nitrogens is 1. The molecule has 0 saturated carbocycles. The van der Waals surface area contributed by atoms with E-state index in [-0.39, 0.29) is 13.1 Å². The molecule has 7 nitrogen and oxygen atoms in total. The van der Waals surface area contributed by atoms with E-state index in [9.17, 15) is 14.4 Å². The number of carbonyl (C=O) groups excluding carboxylic acids is 3. The number of likely N-dealkylation sites (tertiary alicyclic amines) is 1. The summed E-state index contributed by atoms with van der Waals surface area (Å²) in [4.78, 5) is 40.5. The Bertz CT molecular complexity index is 790. The van der Waals surface area contributed by atoms with E-state index >= 15 is 0 Å². The third-order valence-electron chi connectivity index (χ3n) is 3.91. The Kier molecular flexibility index (Phi) is 4.74. The number of carbonyl (C=O) groups is 3. The lowest BCUT2D eigenvalue weighted by Gasteiger charge is -2.10. The molecule has 1 aliphatic heterocycles. The van der Waals surface area contributed by atoms with Gasteiger partial charge in [-0.05, 0) is 29.8 Å². The molecule has 0 bridgehead atoms. The smallest absolute Gasteiger partial charge is 0.290 e. The van der Waals surface area contributed by atoms with Crippen molar-refractivity contribution in [2.24, 2.45) is 5.92 Å². The van der Waals surface area contributed by atoms with Crippen LogP contribution in [0.3, 0.4) is 0 Å². The molecular weight excluding hydrogens is 322 g/mol. The highest BCUT2D eigenvalue weighted by molar-refractivity contribution is 6.42. The van der Waals surface area contributed by atoms with Crippen molar-refractivity contribution in [2.45, 2.75) is 6.54 Å². The van der Waals surface area contributed by atoms with Gasteiger partial charge in [0.05, 0.1) is 6.20 Å². The van der Waals surface area contributed by atoms with E-state index in [0.717, 1.165) is 5.56 Å². The molecule has 1 unspecified atom stereocenters. The zero-order valence-corrected chi connectivity index (χ0v) is 13.6. The Morgan fingerprint density at radius 2 is 2.00 bits per heavy atom. The van der Waals surface area contributed by atoms with E-state index in [1.807, 2.05) is 12.1 Å². The molecule has 2 aromatic rings. The van der Waals surface area contributed by atoms with Crippen LogP contribution in [0.4, 0.5) is 0 Å². The fourth-order valence-corrected chi connectivity index (χ4v) is 2.51. The molecule has 1 fully saturated rings. The minimum absolute atomic E-state index is 0.126. The molecule has 0 spiro atoms. The highest BCUT2D eigenvalue weighted by Gasteiger charge is 2.41. The second kappa shape index (κ2) is 7.12. The van der Waals surface area contributed by atoms with Crippen molar-refractivity contribution in [1.29, 1.82) is 0 Å². The molecule has 1 atom stereocenters. The van der Waals surface area contributed by atoms with E-state index in [1.165, 1.54) is 11.9 Å². The summed E-state index contributed by atoms with van der Waals surface area (Å²) in [5, 5.41) is 2.69. The summed E-state index contributed by atoms with van der Waals surface area (Å²) in [6.07, 6.45) is 3.28. The van der Waals surface area contributed by atoms with Crippen LogP contribution in [0.2, 0.25) is 0 Å². The fourth-order valence-electron chi connectivity index (χ4n) is 2.51. The molecule has 0 aliphatic carbocycles. The lowest BCUT2D eigenvalue weighted by molar-refractivity contribution is -0.142. The van der Waals surface area contributed by atoms with Gasteiger partial charge in [0.2, 0.25) is 11.7 Å². The van der Waals surface area contributed by atoms with Crippen molar-refractivity contribution in [3.63, 3.8) is 0 Å². The molecule has 1 aromatic carbocycles. The topological polar surface area (TPSA) is 88.6 Å². The third kappa shape index (κ3) is 3.82. The van der Waals surface area contributed by atoms with Gasteiger partial charge in [-0.2, -0.15) is 0 Å².